The molecule has 2 aliphatic rings. The zero-order valence-electron chi connectivity index (χ0n) is 21.4. The van der Waals surface area contributed by atoms with E-state index in [2.05, 4.69) is 26.7 Å². The van der Waals surface area contributed by atoms with Gasteiger partial charge in [-0.05, 0) is 29.8 Å². The van der Waals surface area contributed by atoms with E-state index in [-0.39, 0.29) is 33.4 Å². The Morgan fingerprint density at radius 3 is 2.13 bits per heavy atom. The Balaban J connectivity index is 1.45. The molecule has 0 radical (unpaired) electrons. The highest BCUT2D eigenvalue weighted by atomic mass is 32.2. The second-order valence-corrected chi connectivity index (χ2v) is 11.2. The van der Waals surface area contributed by atoms with Crippen molar-refractivity contribution in [3.8, 4) is 0 Å². The van der Waals surface area contributed by atoms with Gasteiger partial charge in [-0.1, -0.05) is 54.6 Å². The molecule has 1 saturated heterocycles. The third-order valence-corrected chi connectivity index (χ3v) is 8.19. The van der Waals surface area contributed by atoms with E-state index in [1.807, 2.05) is 23.1 Å². The van der Waals surface area contributed by atoms with Gasteiger partial charge in [-0.2, -0.15) is 12.8 Å². The quantitative estimate of drug-likeness (QED) is 0.507. The molecule has 0 bridgehead atoms. The lowest BCUT2D eigenvalue weighted by Crippen LogP contribution is -2.58. The Bertz CT molecular complexity index is 1540. The molecule has 0 saturated carbocycles. The van der Waals surface area contributed by atoms with Gasteiger partial charge >= 0.3 is 0 Å². The van der Waals surface area contributed by atoms with Crippen LogP contribution in [-0.4, -0.2) is 73.6 Å². The van der Waals surface area contributed by atoms with Gasteiger partial charge in [-0.25, -0.2) is 0 Å². The van der Waals surface area contributed by atoms with Crippen molar-refractivity contribution in [2.45, 2.75) is 24.4 Å². The van der Waals surface area contributed by atoms with E-state index < -0.39 is 21.8 Å². The molecular weight excluding hydrogens is 516 g/mol. The van der Waals surface area contributed by atoms with Crippen molar-refractivity contribution in [2.75, 3.05) is 31.5 Å². The minimum atomic E-state index is -4.32. The standard InChI is InChI=1S/C29H28N4O5S/c1-20(34)30-22-11-13-23(14-12-22)39(37,38)31-26-27(29(36)25-10-6-5-9-24(25)28(26)35)33-17-15-32(16-18-33)19-21-7-3-2-4-8-21/h2-14,27H,15-19H2,1H3,(H,30,34). The van der Waals surface area contributed by atoms with Crippen LogP contribution in [0.15, 0.2) is 88.2 Å². The number of sulfonamides is 1. The lowest BCUT2D eigenvalue weighted by atomic mass is 9.83. The van der Waals surface area contributed by atoms with Crippen LogP contribution in [0.1, 0.15) is 33.2 Å². The average Bonchev–Trinajstić information content (AvgIpc) is 2.93. The van der Waals surface area contributed by atoms with Crippen LogP contribution >= 0.6 is 0 Å². The Labute approximate surface area is 227 Å². The summed E-state index contributed by atoms with van der Waals surface area (Å²) in [5.41, 5.74) is 1.74. The van der Waals surface area contributed by atoms with E-state index in [0.29, 0.717) is 31.9 Å². The first-order valence-electron chi connectivity index (χ1n) is 12.6. The van der Waals surface area contributed by atoms with Crippen molar-refractivity contribution in [3.05, 3.63) is 95.6 Å². The van der Waals surface area contributed by atoms with Crippen molar-refractivity contribution in [2.24, 2.45) is 4.40 Å². The number of piperazine rings is 1. The fourth-order valence-electron chi connectivity index (χ4n) is 4.98. The van der Waals surface area contributed by atoms with Gasteiger partial charge in [-0.3, -0.25) is 24.2 Å². The molecule has 5 rings (SSSR count). The van der Waals surface area contributed by atoms with Gasteiger partial charge in [-0.15, -0.1) is 0 Å². The molecule has 0 spiro atoms. The fourth-order valence-corrected chi connectivity index (χ4v) is 6.00. The molecule has 1 amide bonds. The Morgan fingerprint density at radius 1 is 0.872 bits per heavy atom. The monoisotopic (exact) mass is 544 g/mol. The summed E-state index contributed by atoms with van der Waals surface area (Å²) in [6.07, 6.45) is 0. The van der Waals surface area contributed by atoms with Gasteiger partial charge in [0, 0.05) is 56.5 Å². The first-order valence-corrected chi connectivity index (χ1v) is 14.1. The van der Waals surface area contributed by atoms with Crippen molar-refractivity contribution >= 4 is 38.9 Å². The Hall–Kier alpha value is -3.99. The maximum absolute atomic E-state index is 13.7. The van der Waals surface area contributed by atoms with E-state index in [1.54, 1.807) is 18.2 Å². The highest BCUT2D eigenvalue weighted by Gasteiger charge is 2.43. The second kappa shape index (κ2) is 11.0. The fraction of sp³-hybridized carbons (Fsp3) is 0.241. The summed E-state index contributed by atoms with van der Waals surface area (Å²) in [4.78, 5) is 42.5. The zero-order valence-corrected chi connectivity index (χ0v) is 22.2. The minimum Gasteiger partial charge on any atom is -0.326 e. The molecule has 3 aromatic rings. The van der Waals surface area contributed by atoms with Crippen molar-refractivity contribution < 1.29 is 22.8 Å². The summed E-state index contributed by atoms with van der Waals surface area (Å²) in [6, 6.07) is 20.9. The van der Waals surface area contributed by atoms with Crippen LogP contribution in [0.4, 0.5) is 5.69 Å². The molecule has 1 N–H and O–H groups in total. The Kier molecular flexibility index (Phi) is 7.51. The molecular formula is C29H28N4O5S. The number of nitrogens with one attached hydrogen (secondary N) is 1. The first kappa shape index (κ1) is 26.6. The number of fused-ring (bicyclic) bond motifs is 1. The van der Waals surface area contributed by atoms with Crippen molar-refractivity contribution in [1.29, 1.82) is 0 Å². The summed E-state index contributed by atoms with van der Waals surface area (Å²) in [5, 5.41) is 2.58. The van der Waals surface area contributed by atoms with Gasteiger partial charge in [0.1, 0.15) is 11.8 Å². The molecule has 9 nitrogen and oxygen atoms in total. The van der Waals surface area contributed by atoms with Gasteiger partial charge in [0.15, 0.2) is 5.78 Å². The summed E-state index contributed by atoms with van der Waals surface area (Å²) < 4.78 is 30.6. The number of carbonyl (C=O) groups is 3. The smallest absolute Gasteiger partial charge is 0.282 e. The minimum absolute atomic E-state index is 0.144. The number of rotatable bonds is 6. The maximum atomic E-state index is 13.7. The van der Waals surface area contributed by atoms with Gasteiger partial charge in [0.25, 0.3) is 10.0 Å². The third-order valence-electron chi connectivity index (χ3n) is 6.89. The van der Waals surface area contributed by atoms with E-state index in [1.165, 1.54) is 42.8 Å². The van der Waals surface area contributed by atoms with Gasteiger partial charge in [0.05, 0.1) is 4.90 Å². The molecule has 1 fully saturated rings. The largest absolute Gasteiger partial charge is 0.326 e. The maximum Gasteiger partial charge on any atom is 0.282 e. The number of hydrogen-bond donors (Lipinski definition) is 1. The van der Waals surface area contributed by atoms with Crippen LogP contribution in [-0.2, 0) is 21.4 Å². The van der Waals surface area contributed by atoms with E-state index in [0.717, 1.165) is 6.54 Å². The number of ketones is 2. The van der Waals surface area contributed by atoms with Crippen LogP contribution in [0.3, 0.4) is 0 Å². The number of anilines is 1. The summed E-state index contributed by atoms with van der Waals surface area (Å²) in [7, 11) is -4.32. The molecule has 0 aromatic heterocycles. The summed E-state index contributed by atoms with van der Waals surface area (Å²) in [6.45, 7) is 4.37. The molecule has 3 aromatic carbocycles. The van der Waals surface area contributed by atoms with Gasteiger partial charge < -0.3 is 5.32 Å². The molecule has 1 atom stereocenters. The van der Waals surface area contributed by atoms with Crippen LogP contribution in [0.5, 0.6) is 0 Å². The molecule has 1 unspecified atom stereocenters. The lowest BCUT2D eigenvalue weighted by Gasteiger charge is -2.40. The zero-order chi connectivity index (χ0) is 27.6. The van der Waals surface area contributed by atoms with E-state index in [9.17, 15) is 22.8 Å². The highest BCUT2D eigenvalue weighted by molar-refractivity contribution is 7.90. The molecule has 39 heavy (non-hydrogen) atoms. The number of carbonyl (C=O) groups excluding carboxylic acids is 3. The molecule has 1 aliphatic carbocycles. The first-order chi connectivity index (χ1) is 18.7. The van der Waals surface area contributed by atoms with E-state index >= 15 is 0 Å². The van der Waals surface area contributed by atoms with Crippen molar-refractivity contribution in [3.63, 3.8) is 0 Å². The van der Waals surface area contributed by atoms with Crippen LogP contribution in [0, 0.1) is 0 Å². The summed E-state index contributed by atoms with van der Waals surface area (Å²) >= 11 is 0. The van der Waals surface area contributed by atoms with Crippen LogP contribution < -0.4 is 5.32 Å². The van der Waals surface area contributed by atoms with E-state index in [4.69, 9.17) is 0 Å². The SMILES string of the molecule is CC(=O)Nc1ccc(S(=O)(=O)N=C2C(=O)c3ccccc3C(=O)C2N2CCN(Cc3ccccc3)CC2)cc1. The number of amides is 1. The summed E-state index contributed by atoms with van der Waals surface area (Å²) in [5.74, 6) is -1.19. The second-order valence-electron chi connectivity index (χ2n) is 9.60. The predicted molar refractivity (Wildman–Crippen MR) is 148 cm³/mol. The lowest BCUT2D eigenvalue weighted by molar-refractivity contribution is -0.114. The molecule has 1 aliphatic heterocycles. The van der Waals surface area contributed by atoms with Crippen LogP contribution in [0.25, 0.3) is 0 Å². The van der Waals surface area contributed by atoms with Gasteiger partial charge in [0.2, 0.25) is 11.7 Å². The van der Waals surface area contributed by atoms with Crippen molar-refractivity contribution in [1.82, 2.24) is 9.80 Å². The third kappa shape index (κ3) is 5.73. The molecule has 200 valence electrons. The average molecular weight is 545 g/mol. The molecule has 10 heteroatoms. The number of hydrogen-bond acceptors (Lipinski definition) is 7. The number of benzene rings is 3. The Morgan fingerprint density at radius 2 is 1.49 bits per heavy atom. The molecule has 1 heterocycles. The van der Waals surface area contributed by atoms with Crippen LogP contribution in [0.2, 0.25) is 0 Å². The predicted octanol–water partition coefficient (Wildman–Crippen LogP) is 3.04. The highest BCUT2D eigenvalue weighted by Crippen LogP contribution is 2.27. The normalized spacial score (nSPS) is 19.6. The topological polar surface area (TPSA) is 116 Å². The number of nitrogens with zero attached hydrogens (tertiary/aromatic N) is 3. The number of Topliss-reactive ketones (excluding diaryl/α,β-unsaturated/α-hetero) is 2.